The zero-order valence-electron chi connectivity index (χ0n) is 3.27. The Morgan fingerprint density at radius 1 is 0.875 bits per heavy atom. The van der Waals surface area contributed by atoms with Gasteiger partial charge >= 0.3 is 87.4 Å². The average molecular weight is 395 g/mol. The van der Waals surface area contributed by atoms with Crippen molar-refractivity contribution in [2.75, 3.05) is 0 Å². The van der Waals surface area contributed by atoms with Crippen LogP contribution in [0, 0.1) is 0 Å². The van der Waals surface area contributed by atoms with Gasteiger partial charge in [0.15, 0.2) is 0 Å². The first kappa shape index (κ1) is 14.1. The van der Waals surface area contributed by atoms with Gasteiger partial charge in [0.2, 0.25) is 0 Å². The van der Waals surface area contributed by atoms with E-state index in [1.807, 2.05) is 0 Å². The van der Waals surface area contributed by atoms with Crippen molar-refractivity contribution in [1.82, 2.24) is 0 Å². The third-order valence-corrected chi connectivity index (χ3v) is 0. The first-order valence-electron chi connectivity index (χ1n) is 1.13. The van der Waals surface area contributed by atoms with E-state index in [9.17, 15) is 0 Å². The van der Waals surface area contributed by atoms with E-state index in [1.165, 1.54) is 0 Å². The molecule has 0 aromatic heterocycles. The molecule has 0 aliphatic heterocycles. The van der Waals surface area contributed by atoms with Gasteiger partial charge in [0, 0.05) is 0 Å². The Bertz CT molecular complexity index is 30.3. The van der Waals surface area contributed by atoms with Crippen molar-refractivity contribution in [2.45, 2.75) is 0 Å². The topological polar surface area (TPSA) is 0 Å². The molecule has 8 heavy (non-hydrogen) atoms. The van der Waals surface area contributed by atoms with Crippen molar-refractivity contribution in [1.29, 1.82) is 0 Å². The van der Waals surface area contributed by atoms with Crippen LogP contribution in [-0.4, -0.2) is 0 Å². The standard InChI is InChI=1S/6ClH.2Zr/h6*1H;;/q;;;;;;+2;+4/p-6. The molecule has 0 rings (SSSR count). The molecule has 0 aromatic rings. The van der Waals surface area contributed by atoms with Crippen LogP contribution in [0.2, 0.25) is 0 Å². The van der Waals surface area contributed by atoms with Crippen molar-refractivity contribution < 1.29 is 36.3 Å². The predicted octanol–water partition coefficient (Wildman–Crippen LogP) is 4.13. The molecule has 0 saturated carbocycles. The first-order chi connectivity index (χ1) is 3.41. The van der Waals surface area contributed by atoms with Crippen LogP contribution >= 0.6 is 51.1 Å². The minimum absolute atomic E-state index is 0.826. The first-order valence-corrected chi connectivity index (χ1v) is 20.1. The van der Waals surface area contributed by atoms with Crippen LogP contribution in [0.4, 0.5) is 0 Å². The molecule has 0 aliphatic carbocycles. The summed E-state index contributed by atoms with van der Waals surface area (Å²) < 4.78 is 0. The summed E-state index contributed by atoms with van der Waals surface area (Å²) in [5, 5.41) is 0. The van der Waals surface area contributed by atoms with E-state index in [4.69, 9.17) is 51.1 Å². The molecule has 0 bridgehead atoms. The summed E-state index contributed by atoms with van der Waals surface area (Å²) >= 11 is -4.12. The Morgan fingerprint density at radius 2 is 0.875 bits per heavy atom. The van der Waals surface area contributed by atoms with Crippen molar-refractivity contribution in [3.63, 3.8) is 0 Å². The average Bonchev–Trinajstić information content (AvgIpc) is 1.27. The fraction of sp³-hybridized carbons (Fsp3) is 0. The van der Waals surface area contributed by atoms with Crippen molar-refractivity contribution in [3.05, 3.63) is 0 Å². The maximum atomic E-state index is 5.04. The Kier molecular flexibility index (Phi) is 15.1. The second kappa shape index (κ2) is 8.60. The van der Waals surface area contributed by atoms with Crippen LogP contribution in [0.25, 0.3) is 0 Å². The fourth-order valence-electron chi connectivity index (χ4n) is 0. The summed E-state index contributed by atoms with van der Waals surface area (Å²) in [6.07, 6.45) is 0. The molecular weight excluding hydrogens is 395 g/mol. The molecule has 0 aliphatic rings. The monoisotopic (exact) mass is 390 g/mol. The van der Waals surface area contributed by atoms with E-state index in [1.54, 1.807) is 0 Å². The predicted molar refractivity (Wildman–Crippen MR) is 35.1 cm³/mol. The van der Waals surface area contributed by atoms with Crippen LogP contribution < -0.4 is 0 Å². The normalized spacial score (nSPS) is 9.25. The van der Waals surface area contributed by atoms with E-state index in [0.717, 1.165) is 0 Å². The third-order valence-electron chi connectivity index (χ3n) is 0. The van der Waals surface area contributed by atoms with Gasteiger partial charge in [-0.05, 0) is 0 Å². The minimum atomic E-state index is -3.29. The Balaban J connectivity index is 0. The molecule has 0 fully saturated rings. The summed E-state index contributed by atoms with van der Waals surface area (Å²) in [4.78, 5) is 0. The Hall–Kier alpha value is 3.51. The van der Waals surface area contributed by atoms with Crippen LogP contribution in [0.15, 0.2) is 0 Å². The molecular formula is Cl6Zr2. The van der Waals surface area contributed by atoms with Gasteiger partial charge < -0.3 is 0 Å². The van der Waals surface area contributed by atoms with E-state index in [2.05, 4.69) is 0 Å². The zero-order valence-corrected chi connectivity index (χ0v) is 12.7. The molecule has 0 nitrogen and oxygen atoms in total. The number of halogens is 6. The molecule has 0 saturated heterocycles. The number of hydrogen-bond acceptors (Lipinski definition) is 0. The van der Waals surface area contributed by atoms with Gasteiger partial charge in [-0.3, -0.25) is 0 Å². The molecule has 0 atom stereocenters. The van der Waals surface area contributed by atoms with Crippen LogP contribution in [0.5, 0.6) is 0 Å². The summed E-state index contributed by atoms with van der Waals surface area (Å²) in [5.74, 6) is 0. The summed E-state index contributed by atoms with van der Waals surface area (Å²) in [7, 11) is 30.0. The van der Waals surface area contributed by atoms with Crippen LogP contribution in [0.1, 0.15) is 0 Å². The molecule has 0 aromatic carbocycles. The molecule has 0 amide bonds. The summed E-state index contributed by atoms with van der Waals surface area (Å²) in [6.45, 7) is 0. The van der Waals surface area contributed by atoms with Crippen molar-refractivity contribution in [3.8, 4) is 0 Å². The van der Waals surface area contributed by atoms with Gasteiger partial charge in [-0.1, -0.05) is 0 Å². The van der Waals surface area contributed by atoms with Gasteiger partial charge in [0.25, 0.3) is 0 Å². The maximum absolute atomic E-state index is 5.04. The zero-order chi connectivity index (χ0) is 7.21. The van der Waals surface area contributed by atoms with E-state index < -0.39 is 36.3 Å². The van der Waals surface area contributed by atoms with Gasteiger partial charge in [-0.15, -0.1) is 0 Å². The van der Waals surface area contributed by atoms with Gasteiger partial charge in [0.05, 0.1) is 0 Å². The molecule has 0 heterocycles. The van der Waals surface area contributed by atoms with E-state index in [0.29, 0.717) is 0 Å². The van der Waals surface area contributed by atoms with E-state index >= 15 is 0 Å². The van der Waals surface area contributed by atoms with Gasteiger partial charge in [-0.25, -0.2) is 0 Å². The molecule has 0 spiro atoms. The Morgan fingerprint density at radius 3 is 0.875 bits per heavy atom. The Labute approximate surface area is 85.4 Å². The van der Waals surface area contributed by atoms with E-state index in [-0.39, 0.29) is 0 Å². The number of rotatable bonds is 0. The van der Waals surface area contributed by atoms with Gasteiger partial charge in [0.1, 0.15) is 0 Å². The van der Waals surface area contributed by atoms with Crippen LogP contribution in [0.3, 0.4) is 0 Å². The summed E-state index contributed by atoms with van der Waals surface area (Å²) in [6, 6.07) is 0. The quantitative estimate of drug-likeness (QED) is 0.579. The molecule has 0 radical (unpaired) electrons. The molecule has 50 valence electrons. The third kappa shape index (κ3) is 56.0. The molecule has 8 heteroatoms. The van der Waals surface area contributed by atoms with Gasteiger partial charge in [-0.2, -0.15) is 0 Å². The van der Waals surface area contributed by atoms with Crippen LogP contribution in [-0.2, 0) is 36.3 Å². The molecule has 0 N–H and O–H groups in total. The summed E-state index contributed by atoms with van der Waals surface area (Å²) in [5.41, 5.74) is 0. The molecule has 0 unspecified atom stereocenters. The van der Waals surface area contributed by atoms with Crippen molar-refractivity contribution in [2.24, 2.45) is 0 Å². The second-order valence-electron chi connectivity index (χ2n) is 0.500. The second-order valence-corrected chi connectivity index (χ2v) is 26.6. The fourth-order valence-corrected chi connectivity index (χ4v) is 0. The number of hydrogen-bond donors (Lipinski definition) is 0. The van der Waals surface area contributed by atoms with Crippen molar-refractivity contribution >= 4 is 51.1 Å². The SMILES string of the molecule is [Cl][Zr]([Cl])([Cl])[Cl].[Cl][Zr][Cl].